The van der Waals surface area contributed by atoms with Crippen LogP contribution in [0.5, 0.6) is 5.75 Å². The topological polar surface area (TPSA) is 68.3 Å². The number of piperidine rings is 1. The standard InChI is InChI=1S/C27H30N2O5/c1-32-20-6-4-5-18(17-20)24-23(26(31)28-13-11-27(12-14-28)33-15-16-34-27)21-7-2-3-8-22(21)25(30)29(24)19-9-10-19/h2-8,17,19,23-24H,9-16H2,1H3. The second-order valence-electron chi connectivity index (χ2n) is 9.66. The number of methoxy groups -OCH3 is 1. The first-order chi connectivity index (χ1) is 16.6. The van der Waals surface area contributed by atoms with Gasteiger partial charge in [0.25, 0.3) is 5.91 Å². The number of carbonyl (C=O) groups is 2. The zero-order chi connectivity index (χ0) is 23.3. The maximum atomic E-state index is 14.2. The average molecular weight is 463 g/mol. The molecule has 7 nitrogen and oxygen atoms in total. The van der Waals surface area contributed by atoms with Gasteiger partial charge in [0.15, 0.2) is 5.79 Å². The van der Waals surface area contributed by atoms with Gasteiger partial charge >= 0.3 is 0 Å². The van der Waals surface area contributed by atoms with Crippen LogP contribution in [0.3, 0.4) is 0 Å². The van der Waals surface area contributed by atoms with E-state index in [1.165, 1.54) is 0 Å². The molecule has 178 valence electrons. The lowest BCUT2D eigenvalue weighted by atomic mass is 9.78. The van der Waals surface area contributed by atoms with Gasteiger partial charge in [-0.2, -0.15) is 0 Å². The van der Waals surface area contributed by atoms with Gasteiger partial charge in [-0.25, -0.2) is 0 Å². The van der Waals surface area contributed by atoms with Crippen LogP contribution in [0.25, 0.3) is 0 Å². The van der Waals surface area contributed by atoms with Crippen molar-refractivity contribution in [3.8, 4) is 5.75 Å². The largest absolute Gasteiger partial charge is 0.497 e. The minimum absolute atomic E-state index is 0.0142. The lowest BCUT2D eigenvalue weighted by Gasteiger charge is -2.45. The zero-order valence-corrected chi connectivity index (χ0v) is 19.4. The molecule has 2 saturated heterocycles. The van der Waals surface area contributed by atoms with Crippen LogP contribution in [0.1, 0.15) is 59.1 Å². The van der Waals surface area contributed by atoms with Crippen LogP contribution >= 0.6 is 0 Å². The van der Waals surface area contributed by atoms with Gasteiger partial charge in [-0.05, 0) is 42.2 Å². The molecule has 2 aromatic carbocycles. The quantitative estimate of drug-likeness (QED) is 0.696. The highest BCUT2D eigenvalue weighted by molar-refractivity contribution is 6.01. The van der Waals surface area contributed by atoms with E-state index >= 15 is 0 Å². The Bertz CT molecular complexity index is 1100. The van der Waals surface area contributed by atoms with Crippen LogP contribution in [-0.2, 0) is 14.3 Å². The number of carbonyl (C=O) groups excluding carboxylic acids is 2. The van der Waals surface area contributed by atoms with Gasteiger partial charge in [-0.15, -0.1) is 0 Å². The van der Waals surface area contributed by atoms with Gasteiger partial charge in [-0.3, -0.25) is 9.59 Å². The summed E-state index contributed by atoms with van der Waals surface area (Å²) in [6.45, 7) is 2.39. The summed E-state index contributed by atoms with van der Waals surface area (Å²) in [5.41, 5.74) is 2.39. The number of hydrogen-bond donors (Lipinski definition) is 0. The smallest absolute Gasteiger partial charge is 0.254 e. The van der Waals surface area contributed by atoms with Crippen LogP contribution in [0.4, 0.5) is 0 Å². The SMILES string of the molecule is COc1cccc(C2C(C(=O)N3CCC4(CC3)OCCO4)c3ccccc3C(=O)N2C2CC2)c1. The molecule has 1 spiro atoms. The Kier molecular flexibility index (Phi) is 5.34. The Morgan fingerprint density at radius 3 is 2.47 bits per heavy atom. The number of rotatable bonds is 4. The van der Waals surface area contributed by atoms with Crippen molar-refractivity contribution in [3.63, 3.8) is 0 Å². The van der Waals surface area contributed by atoms with Crippen molar-refractivity contribution in [2.24, 2.45) is 0 Å². The van der Waals surface area contributed by atoms with Crippen molar-refractivity contribution in [2.75, 3.05) is 33.4 Å². The Morgan fingerprint density at radius 2 is 1.76 bits per heavy atom. The molecule has 1 saturated carbocycles. The predicted molar refractivity (Wildman–Crippen MR) is 125 cm³/mol. The predicted octanol–water partition coefficient (Wildman–Crippen LogP) is 3.50. The molecule has 34 heavy (non-hydrogen) atoms. The highest BCUT2D eigenvalue weighted by Gasteiger charge is 2.51. The Balaban J connectivity index is 1.41. The summed E-state index contributed by atoms with van der Waals surface area (Å²) < 4.78 is 17.2. The van der Waals surface area contributed by atoms with E-state index in [9.17, 15) is 9.59 Å². The molecule has 3 aliphatic heterocycles. The van der Waals surface area contributed by atoms with Crippen LogP contribution in [0, 0.1) is 0 Å². The van der Waals surface area contributed by atoms with Crippen molar-refractivity contribution in [3.05, 3.63) is 65.2 Å². The molecule has 1 aliphatic carbocycles. The molecule has 0 aromatic heterocycles. The normalized spacial score (nSPS) is 26.0. The number of likely N-dealkylation sites (tertiary alicyclic amines) is 1. The zero-order valence-electron chi connectivity index (χ0n) is 19.4. The molecule has 2 atom stereocenters. The molecular weight excluding hydrogens is 432 g/mol. The molecule has 0 N–H and O–H groups in total. The monoisotopic (exact) mass is 462 g/mol. The molecule has 2 aromatic rings. The molecular formula is C27H30N2O5. The Hall–Kier alpha value is -2.90. The molecule has 2 unspecified atom stereocenters. The molecule has 0 bridgehead atoms. The molecule has 7 heteroatoms. The third-order valence-corrected chi connectivity index (χ3v) is 7.67. The molecule has 6 rings (SSSR count). The number of ether oxygens (including phenoxy) is 3. The Morgan fingerprint density at radius 1 is 1.03 bits per heavy atom. The third-order valence-electron chi connectivity index (χ3n) is 7.67. The lowest BCUT2D eigenvalue weighted by molar-refractivity contribution is -0.188. The fourth-order valence-electron chi connectivity index (χ4n) is 5.80. The van der Waals surface area contributed by atoms with Crippen LogP contribution in [-0.4, -0.2) is 66.9 Å². The molecule has 2 amide bonds. The minimum Gasteiger partial charge on any atom is -0.497 e. The van der Waals surface area contributed by atoms with Gasteiger partial charge in [0, 0.05) is 37.5 Å². The second-order valence-corrected chi connectivity index (χ2v) is 9.66. The van der Waals surface area contributed by atoms with E-state index in [2.05, 4.69) is 0 Å². The first-order valence-corrected chi connectivity index (χ1v) is 12.2. The van der Waals surface area contributed by atoms with E-state index < -0.39 is 11.7 Å². The minimum atomic E-state index is -0.538. The summed E-state index contributed by atoms with van der Waals surface area (Å²) in [6, 6.07) is 15.2. The van der Waals surface area contributed by atoms with Crippen molar-refractivity contribution in [1.29, 1.82) is 0 Å². The van der Waals surface area contributed by atoms with E-state index in [1.807, 2.05) is 58.3 Å². The number of benzene rings is 2. The van der Waals surface area contributed by atoms with Gasteiger partial charge in [-0.1, -0.05) is 30.3 Å². The van der Waals surface area contributed by atoms with Crippen molar-refractivity contribution >= 4 is 11.8 Å². The second kappa shape index (κ2) is 8.40. The fraction of sp³-hybridized carbons (Fsp3) is 0.481. The summed E-state index contributed by atoms with van der Waals surface area (Å²) in [5.74, 6) is -0.211. The lowest BCUT2D eigenvalue weighted by Crippen LogP contribution is -2.52. The summed E-state index contributed by atoms with van der Waals surface area (Å²) in [6.07, 6.45) is 3.27. The third kappa shape index (κ3) is 3.58. The average Bonchev–Trinajstić information content (AvgIpc) is 3.62. The maximum absolute atomic E-state index is 14.2. The first kappa shape index (κ1) is 21.6. The van der Waals surface area contributed by atoms with Crippen molar-refractivity contribution < 1.29 is 23.8 Å². The van der Waals surface area contributed by atoms with E-state index in [4.69, 9.17) is 14.2 Å². The van der Waals surface area contributed by atoms with Crippen LogP contribution in [0.2, 0.25) is 0 Å². The number of amides is 2. The van der Waals surface area contributed by atoms with E-state index in [1.54, 1.807) is 7.11 Å². The van der Waals surface area contributed by atoms with Gasteiger partial charge in [0.2, 0.25) is 5.91 Å². The van der Waals surface area contributed by atoms with Crippen molar-refractivity contribution in [2.45, 2.75) is 49.5 Å². The van der Waals surface area contributed by atoms with Crippen LogP contribution < -0.4 is 4.74 Å². The van der Waals surface area contributed by atoms with E-state index in [0.717, 1.165) is 29.7 Å². The molecule has 4 aliphatic rings. The summed E-state index contributed by atoms with van der Waals surface area (Å²) in [5, 5.41) is 0. The van der Waals surface area contributed by atoms with Gasteiger partial charge in [0.1, 0.15) is 5.75 Å². The van der Waals surface area contributed by atoms with Crippen LogP contribution in [0.15, 0.2) is 48.5 Å². The summed E-state index contributed by atoms with van der Waals surface area (Å²) >= 11 is 0. The van der Waals surface area contributed by atoms with Gasteiger partial charge in [0.05, 0.1) is 32.3 Å². The number of nitrogens with zero attached hydrogens (tertiary/aromatic N) is 2. The molecule has 3 heterocycles. The summed E-state index contributed by atoms with van der Waals surface area (Å²) in [7, 11) is 1.64. The first-order valence-electron chi connectivity index (χ1n) is 12.2. The maximum Gasteiger partial charge on any atom is 0.254 e. The fourth-order valence-corrected chi connectivity index (χ4v) is 5.80. The Labute approximate surface area is 199 Å². The summed E-state index contributed by atoms with van der Waals surface area (Å²) in [4.78, 5) is 31.8. The highest BCUT2D eigenvalue weighted by Crippen LogP contribution is 2.49. The van der Waals surface area contributed by atoms with E-state index in [0.29, 0.717) is 44.7 Å². The van der Waals surface area contributed by atoms with E-state index in [-0.39, 0.29) is 23.9 Å². The molecule has 3 fully saturated rings. The number of fused-ring (bicyclic) bond motifs is 1. The van der Waals surface area contributed by atoms with Gasteiger partial charge < -0.3 is 24.0 Å². The highest BCUT2D eigenvalue weighted by atomic mass is 16.7. The molecule has 0 radical (unpaired) electrons. The van der Waals surface area contributed by atoms with Crippen molar-refractivity contribution in [1.82, 2.24) is 9.80 Å². The number of hydrogen-bond acceptors (Lipinski definition) is 5.